The van der Waals surface area contributed by atoms with Crippen LogP contribution < -0.4 is 5.32 Å². The van der Waals surface area contributed by atoms with E-state index < -0.39 is 6.04 Å². The van der Waals surface area contributed by atoms with Crippen LogP contribution in [0, 0.1) is 13.8 Å². The molecule has 114 valence electrons. The summed E-state index contributed by atoms with van der Waals surface area (Å²) in [5.74, 6) is 0.479. The number of rotatable bonds is 6. The number of aryl methyl sites for hydroxylation is 2. The molecule has 0 saturated carbocycles. The van der Waals surface area contributed by atoms with Crippen molar-refractivity contribution in [2.75, 3.05) is 6.61 Å². The van der Waals surface area contributed by atoms with Crippen molar-refractivity contribution >= 4 is 5.91 Å². The molecule has 0 aliphatic heterocycles. The molecule has 2 heterocycles. The summed E-state index contributed by atoms with van der Waals surface area (Å²) in [7, 11) is 0. The molecule has 2 atom stereocenters. The van der Waals surface area contributed by atoms with E-state index in [0.29, 0.717) is 12.2 Å². The topological polar surface area (TPSA) is 91.2 Å². The average molecular weight is 291 g/mol. The number of aromatic nitrogens is 2. The largest absolute Gasteiger partial charge is 0.467 e. The van der Waals surface area contributed by atoms with Gasteiger partial charge in [-0.05, 0) is 37.5 Å². The van der Waals surface area contributed by atoms with E-state index in [0.717, 1.165) is 17.0 Å². The maximum atomic E-state index is 12.1. The van der Waals surface area contributed by atoms with Gasteiger partial charge in [-0.2, -0.15) is 5.10 Å². The first-order chi connectivity index (χ1) is 10.0. The number of aromatic amines is 1. The fourth-order valence-corrected chi connectivity index (χ4v) is 2.62. The SMILES string of the molecule is Cc1n[nH]c(C)c1C(C)CC(=O)NC(CO)c1ccco1. The number of H-pyrrole nitrogens is 1. The summed E-state index contributed by atoms with van der Waals surface area (Å²) >= 11 is 0. The van der Waals surface area contributed by atoms with Crippen molar-refractivity contribution in [1.29, 1.82) is 0 Å². The van der Waals surface area contributed by atoms with Crippen molar-refractivity contribution in [3.8, 4) is 0 Å². The van der Waals surface area contributed by atoms with Gasteiger partial charge in [-0.3, -0.25) is 9.89 Å². The first-order valence-electron chi connectivity index (χ1n) is 6.98. The van der Waals surface area contributed by atoms with Gasteiger partial charge in [0.15, 0.2) is 0 Å². The summed E-state index contributed by atoms with van der Waals surface area (Å²) in [4.78, 5) is 12.1. The quantitative estimate of drug-likeness (QED) is 0.758. The summed E-state index contributed by atoms with van der Waals surface area (Å²) in [6.07, 6.45) is 1.85. The lowest BCUT2D eigenvalue weighted by atomic mass is 9.95. The number of hydrogen-bond donors (Lipinski definition) is 3. The van der Waals surface area contributed by atoms with Gasteiger partial charge in [-0.15, -0.1) is 0 Å². The van der Waals surface area contributed by atoms with Crippen molar-refractivity contribution in [3.63, 3.8) is 0 Å². The minimum absolute atomic E-state index is 0.0553. The Bertz CT molecular complexity index is 570. The van der Waals surface area contributed by atoms with Crippen LogP contribution in [0.1, 0.15) is 48.0 Å². The monoisotopic (exact) mass is 291 g/mol. The Labute approximate surface area is 123 Å². The second kappa shape index (κ2) is 6.58. The molecule has 6 nitrogen and oxygen atoms in total. The Balaban J connectivity index is 1.98. The molecular formula is C15H21N3O3. The highest BCUT2D eigenvalue weighted by atomic mass is 16.3. The molecule has 21 heavy (non-hydrogen) atoms. The van der Waals surface area contributed by atoms with E-state index in [9.17, 15) is 9.90 Å². The molecule has 1 amide bonds. The molecule has 0 aliphatic carbocycles. The summed E-state index contributed by atoms with van der Waals surface area (Å²) in [5, 5.41) is 19.2. The third kappa shape index (κ3) is 3.52. The highest BCUT2D eigenvalue weighted by molar-refractivity contribution is 5.77. The maximum absolute atomic E-state index is 12.1. The number of aliphatic hydroxyl groups excluding tert-OH is 1. The number of carbonyl (C=O) groups is 1. The second-order valence-corrected chi connectivity index (χ2v) is 5.27. The van der Waals surface area contributed by atoms with E-state index in [-0.39, 0.29) is 18.4 Å². The van der Waals surface area contributed by atoms with Gasteiger partial charge in [0.05, 0.1) is 18.6 Å². The molecular weight excluding hydrogens is 270 g/mol. The Morgan fingerprint density at radius 2 is 2.29 bits per heavy atom. The van der Waals surface area contributed by atoms with E-state index >= 15 is 0 Å². The number of aliphatic hydroxyl groups is 1. The molecule has 2 aromatic rings. The van der Waals surface area contributed by atoms with Crippen LogP contribution in [0.2, 0.25) is 0 Å². The van der Waals surface area contributed by atoms with Crippen molar-refractivity contribution in [1.82, 2.24) is 15.5 Å². The van der Waals surface area contributed by atoms with Crippen molar-refractivity contribution in [2.45, 2.75) is 39.2 Å². The lowest BCUT2D eigenvalue weighted by Crippen LogP contribution is -2.31. The Morgan fingerprint density at radius 1 is 1.52 bits per heavy atom. The van der Waals surface area contributed by atoms with Crippen LogP contribution in [-0.4, -0.2) is 27.8 Å². The van der Waals surface area contributed by atoms with Gasteiger partial charge in [0.25, 0.3) is 0 Å². The molecule has 0 spiro atoms. The summed E-state index contributed by atoms with van der Waals surface area (Å²) < 4.78 is 5.21. The highest BCUT2D eigenvalue weighted by Gasteiger charge is 2.21. The number of nitrogens with one attached hydrogen (secondary N) is 2. The molecule has 2 rings (SSSR count). The van der Waals surface area contributed by atoms with Crippen molar-refractivity contribution < 1.29 is 14.3 Å². The summed E-state index contributed by atoms with van der Waals surface area (Å²) in [5.41, 5.74) is 2.97. The number of furan rings is 1. The first kappa shape index (κ1) is 15.3. The number of amides is 1. The van der Waals surface area contributed by atoms with Gasteiger partial charge in [0.1, 0.15) is 11.8 Å². The fraction of sp³-hybridized carbons (Fsp3) is 0.467. The van der Waals surface area contributed by atoms with Crippen LogP contribution in [0.4, 0.5) is 0 Å². The number of hydrogen-bond acceptors (Lipinski definition) is 4. The lowest BCUT2D eigenvalue weighted by Gasteiger charge is -2.16. The van der Waals surface area contributed by atoms with E-state index in [1.807, 2.05) is 20.8 Å². The summed E-state index contributed by atoms with van der Waals surface area (Å²) in [6.45, 7) is 5.67. The molecule has 0 saturated heterocycles. The third-order valence-corrected chi connectivity index (χ3v) is 3.57. The van der Waals surface area contributed by atoms with E-state index in [1.165, 1.54) is 6.26 Å². The van der Waals surface area contributed by atoms with Gasteiger partial charge in [0, 0.05) is 12.1 Å². The maximum Gasteiger partial charge on any atom is 0.221 e. The first-order valence-corrected chi connectivity index (χ1v) is 6.98. The Hall–Kier alpha value is -2.08. The van der Waals surface area contributed by atoms with Crippen LogP contribution >= 0.6 is 0 Å². The average Bonchev–Trinajstić information content (AvgIpc) is 3.06. The number of carbonyl (C=O) groups excluding carboxylic acids is 1. The van der Waals surface area contributed by atoms with Gasteiger partial charge >= 0.3 is 0 Å². The highest BCUT2D eigenvalue weighted by Crippen LogP contribution is 2.24. The molecule has 0 aliphatic rings. The van der Waals surface area contributed by atoms with Gasteiger partial charge in [-0.25, -0.2) is 0 Å². The molecule has 0 fully saturated rings. The Morgan fingerprint density at radius 3 is 2.81 bits per heavy atom. The smallest absolute Gasteiger partial charge is 0.221 e. The zero-order valence-electron chi connectivity index (χ0n) is 12.5. The molecule has 2 unspecified atom stereocenters. The molecule has 2 aromatic heterocycles. The molecule has 0 radical (unpaired) electrons. The van der Waals surface area contributed by atoms with Crippen molar-refractivity contribution in [2.24, 2.45) is 0 Å². The third-order valence-electron chi connectivity index (χ3n) is 3.57. The standard InChI is InChI=1S/C15H21N3O3/c1-9(15-10(2)17-18-11(15)3)7-14(20)16-12(8-19)13-5-4-6-21-13/h4-6,9,12,19H,7-8H2,1-3H3,(H,16,20)(H,17,18). The van der Waals surface area contributed by atoms with Crippen LogP contribution in [-0.2, 0) is 4.79 Å². The molecule has 0 aromatic carbocycles. The van der Waals surface area contributed by atoms with Crippen LogP contribution in [0.5, 0.6) is 0 Å². The zero-order valence-corrected chi connectivity index (χ0v) is 12.5. The van der Waals surface area contributed by atoms with E-state index in [2.05, 4.69) is 15.5 Å². The Kier molecular flexibility index (Phi) is 4.80. The fourth-order valence-electron chi connectivity index (χ4n) is 2.62. The van der Waals surface area contributed by atoms with E-state index in [4.69, 9.17) is 4.42 Å². The normalized spacial score (nSPS) is 13.9. The summed E-state index contributed by atoms with van der Waals surface area (Å²) in [6, 6.07) is 2.95. The molecule has 0 bridgehead atoms. The van der Waals surface area contributed by atoms with Gasteiger partial charge < -0.3 is 14.8 Å². The van der Waals surface area contributed by atoms with Gasteiger partial charge in [-0.1, -0.05) is 6.92 Å². The minimum atomic E-state index is -0.508. The predicted molar refractivity (Wildman–Crippen MR) is 77.8 cm³/mol. The molecule has 3 N–H and O–H groups in total. The second-order valence-electron chi connectivity index (χ2n) is 5.27. The zero-order chi connectivity index (χ0) is 15.4. The lowest BCUT2D eigenvalue weighted by molar-refractivity contribution is -0.122. The molecule has 6 heteroatoms. The predicted octanol–water partition coefficient (Wildman–Crippen LogP) is 1.96. The van der Waals surface area contributed by atoms with Crippen LogP contribution in [0.15, 0.2) is 22.8 Å². The van der Waals surface area contributed by atoms with E-state index in [1.54, 1.807) is 12.1 Å². The van der Waals surface area contributed by atoms with Gasteiger partial charge in [0.2, 0.25) is 5.91 Å². The minimum Gasteiger partial charge on any atom is -0.467 e. The van der Waals surface area contributed by atoms with Crippen molar-refractivity contribution in [3.05, 3.63) is 41.1 Å². The van der Waals surface area contributed by atoms with Crippen LogP contribution in [0.3, 0.4) is 0 Å². The number of nitrogens with zero attached hydrogens (tertiary/aromatic N) is 1. The van der Waals surface area contributed by atoms with Crippen LogP contribution in [0.25, 0.3) is 0 Å².